The van der Waals surface area contributed by atoms with Crippen LogP contribution in [0.15, 0.2) is 16.5 Å². The largest absolute Gasteiger partial charge is 0.474 e. The van der Waals surface area contributed by atoms with Crippen molar-refractivity contribution in [1.29, 1.82) is 0 Å². The van der Waals surface area contributed by atoms with Gasteiger partial charge in [-0.15, -0.1) is 0 Å². The Labute approximate surface area is 141 Å². The summed E-state index contributed by atoms with van der Waals surface area (Å²) in [6.07, 6.45) is 1.67. The highest BCUT2D eigenvalue weighted by molar-refractivity contribution is 5.95. The monoisotopic (exact) mass is 329 g/mol. The first-order chi connectivity index (χ1) is 11.4. The van der Waals surface area contributed by atoms with Crippen LogP contribution in [0.5, 0.6) is 5.88 Å². The Morgan fingerprint density at radius 3 is 2.46 bits per heavy atom. The minimum atomic E-state index is 0.0384. The number of nitrogens with zero attached hydrogens (tertiary/aromatic N) is 3. The van der Waals surface area contributed by atoms with Gasteiger partial charge in [0.2, 0.25) is 5.88 Å². The Balaban J connectivity index is 1.59. The highest BCUT2D eigenvalue weighted by Gasteiger charge is 2.27. The van der Waals surface area contributed by atoms with Gasteiger partial charge in [0.25, 0.3) is 5.91 Å². The van der Waals surface area contributed by atoms with Crippen LogP contribution in [0.4, 0.5) is 0 Å². The smallest absolute Gasteiger partial charge is 0.257 e. The van der Waals surface area contributed by atoms with Crippen LogP contribution in [0.25, 0.3) is 0 Å². The van der Waals surface area contributed by atoms with Crippen LogP contribution in [-0.2, 0) is 0 Å². The molecule has 0 spiro atoms. The molecule has 2 aromatic heterocycles. The second kappa shape index (κ2) is 6.63. The number of amides is 1. The molecule has 3 heterocycles. The van der Waals surface area contributed by atoms with E-state index >= 15 is 0 Å². The highest BCUT2D eigenvalue weighted by atomic mass is 16.5. The molecule has 0 radical (unpaired) electrons. The van der Waals surface area contributed by atoms with Crippen molar-refractivity contribution in [3.8, 4) is 5.88 Å². The van der Waals surface area contributed by atoms with E-state index in [0.29, 0.717) is 36.1 Å². The Bertz CT molecular complexity index is 726. The summed E-state index contributed by atoms with van der Waals surface area (Å²) in [4.78, 5) is 23.0. The number of rotatable bonds is 3. The van der Waals surface area contributed by atoms with E-state index in [1.165, 1.54) is 0 Å². The van der Waals surface area contributed by atoms with Crippen LogP contribution in [-0.4, -0.2) is 40.0 Å². The molecule has 6 nitrogen and oxygen atoms in total. The topological polar surface area (TPSA) is 68.5 Å². The summed E-state index contributed by atoms with van der Waals surface area (Å²) in [6.45, 7) is 8.83. The quantitative estimate of drug-likeness (QED) is 0.866. The molecule has 128 valence electrons. The summed E-state index contributed by atoms with van der Waals surface area (Å²) in [5.74, 6) is 2.82. The Kier molecular flexibility index (Phi) is 4.55. The van der Waals surface area contributed by atoms with Crippen LogP contribution >= 0.6 is 0 Å². The zero-order chi connectivity index (χ0) is 17.3. The van der Waals surface area contributed by atoms with Gasteiger partial charge in [-0.2, -0.15) is 4.98 Å². The van der Waals surface area contributed by atoms with Gasteiger partial charge in [-0.05, 0) is 33.8 Å². The van der Waals surface area contributed by atoms with Crippen molar-refractivity contribution in [3.63, 3.8) is 0 Å². The van der Waals surface area contributed by atoms with E-state index in [4.69, 9.17) is 9.15 Å². The molecule has 2 aromatic rings. The van der Waals surface area contributed by atoms with E-state index in [9.17, 15) is 4.79 Å². The number of ether oxygens (including phenoxy) is 1. The van der Waals surface area contributed by atoms with Crippen molar-refractivity contribution < 1.29 is 13.9 Å². The number of hydrogen-bond acceptors (Lipinski definition) is 5. The third-order valence-corrected chi connectivity index (χ3v) is 4.23. The number of likely N-dealkylation sites (tertiary alicyclic amines) is 1. The summed E-state index contributed by atoms with van der Waals surface area (Å²) in [7, 11) is 0. The molecule has 24 heavy (non-hydrogen) atoms. The number of hydrogen-bond donors (Lipinski definition) is 0. The van der Waals surface area contributed by atoms with Crippen molar-refractivity contribution >= 4 is 5.91 Å². The van der Waals surface area contributed by atoms with E-state index in [2.05, 4.69) is 9.97 Å². The highest BCUT2D eigenvalue weighted by Crippen LogP contribution is 2.21. The van der Waals surface area contributed by atoms with Gasteiger partial charge in [-0.1, -0.05) is 0 Å². The van der Waals surface area contributed by atoms with Gasteiger partial charge >= 0.3 is 0 Å². The Morgan fingerprint density at radius 1 is 1.17 bits per heavy atom. The van der Waals surface area contributed by atoms with Crippen LogP contribution in [0, 0.1) is 27.7 Å². The predicted octanol–water partition coefficient (Wildman–Crippen LogP) is 2.99. The van der Waals surface area contributed by atoms with E-state index in [0.717, 1.165) is 24.3 Å². The number of furan rings is 1. The van der Waals surface area contributed by atoms with Gasteiger partial charge in [0, 0.05) is 37.7 Å². The minimum Gasteiger partial charge on any atom is -0.474 e. The van der Waals surface area contributed by atoms with Crippen molar-refractivity contribution in [1.82, 2.24) is 14.9 Å². The van der Waals surface area contributed by atoms with Crippen LogP contribution < -0.4 is 4.74 Å². The maximum absolute atomic E-state index is 12.6. The lowest BCUT2D eigenvalue weighted by Gasteiger charge is -2.31. The summed E-state index contributed by atoms with van der Waals surface area (Å²) in [5, 5.41) is 0. The first kappa shape index (κ1) is 16.5. The summed E-state index contributed by atoms with van der Waals surface area (Å²) in [6, 6.07) is 3.66. The molecule has 1 aliphatic rings. The summed E-state index contributed by atoms with van der Waals surface area (Å²) >= 11 is 0. The average Bonchev–Trinajstić information content (AvgIpc) is 2.85. The lowest BCUT2D eigenvalue weighted by atomic mass is 10.1. The molecule has 0 N–H and O–H groups in total. The Hall–Kier alpha value is -2.37. The van der Waals surface area contributed by atoms with Crippen LogP contribution in [0.1, 0.15) is 46.2 Å². The molecule has 1 aliphatic heterocycles. The van der Waals surface area contributed by atoms with Crippen LogP contribution in [0.3, 0.4) is 0 Å². The molecular formula is C18H23N3O3. The lowest BCUT2D eigenvalue weighted by molar-refractivity contribution is 0.0586. The summed E-state index contributed by atoms with van der Waals surface area (Å²) < 4.78 is 11.4. The molecule has 0 aromatic carbocycles. The van der Waals surface area contributed by atoms with Crippen molar-refractivity contribution in [3.05, 3.63) is 40.7 Å². The van der Waals surface area contributed by atoms with Gasteiger partial charge in [-0.25, -0.2) is 4.98 Å². The van der Waals surface area contributed by atoms with Gasteiger partial charge in [-0.3, -0.25) is 4.79 Å². The third kappa shape index (κ3) is 3.58. The summed E-state index contributed by atoms with van der Waals surface area (Å²) in [5.41, 5.74) is 1.56. The van der Waals surface area contributed by atoms with Gasteiger partial charge in [0.05, 0.1) is 5.56 Å². The zero-order valence-electron chi connectivity index (χ0n) is 14.6. The standard InChI is InChI=1S/C18H23N3O3/c1-11-9-17(20-14(4)19-11)24-15-5-7-21(8-6-15)18(22)16-10-12(2)23-13(16)3/h9-10,15H,5-8H2,1-4H3. The van der Waals surface area contributed by atoms with E-state index in [1.54, 1.807) is 0 Å². The number of aryl methyl sites for hydroxylation is 4. The molecule has 0 aliphatic carbocycles. The molecule has 0 bridgehead atoms. The molecular weight excluding hydrogens is 306 g/mol. The van der Waals surface area contributed by atoms with Crippen LogP contribution in [0.2, 0.25) is 0 Å². The fourth-order valence-corrected chi connectivity index (χ4v) is 3.10. The van der Waals surface area contributed by atoms with Crippen molar-refractivity contribution in [2.75, 3.05) is 13.1 Å². The molecule has 0 saturated carbocycles. The maximum Gasteiger partial charge on any atom is 0.257 e. The number of piperidine rings is 1. The number of carbonyl (C=O) groups is 1. The fourth-order valence-electron chi connectivity index (χ4n) is 3.10. The molecule has 0 atom stereocenters. The molecule has 6 heteroatoms. The van der Waals surface area contributed by atoms with E-state index < -0.39 is 0 Å². The third-order valence-electron chi connectivity index (χ3n) is 4.23. The molecule has 0 unspecified atom stereocenters. The van der Waals surface area contributed by atoms with Gasteiger partial charge < -0.3 is 14.1 Å². The fraction of sp³-hybridized carbons (Fsp3) is 0.500. The predicted molar refractivity (Wildman–Crippen MR) is 89.2 cm³/mol. The van der Waals surface area contributed by atoms with E-state index in [-0.39, 0.29) is 12.0 Å². The molecule has 1 saturated heterocycles. The zero-order valence-corrected chi connectivity index (χ0v) is 14.6. The second-order valence-electron chi connectivity index (χ2n) is 6.33. The average molecular weight is 329 g/mol. The van der Waals surface area contributed by atoms with Crippen molar-refractivity contribution in [2.45, 2.75) is 46.6 Å². The normalized spacial score (nSPS) is 15.6. The first-order valence-corrected chi connectivity index (χ1v) is 8.27. The minimum absolute atomic E-state index is 0.0384. The molecule has 3 rings (SSSR count). The number of carbonyl (C=O) groups excluding carboxylic acids is 1. The van der Waals surface area contributed by atoms with E-state index in [1.807, 2.05) is 44.7 Å². The maximum atomic E-state index is 12.6. The Morgan fingerprint density at radius 2 is 1.88 bits per heavy atom. The lowest BCUT2D eigenvalue weighted by Crippen LogP contribution is -2.42. The first-order valence-electron chi connectivity index (χ1n) is 8.27. The van der Waals surface area contributed by atoms with Crippen molar-refractivity contribution in [2.24, 2.45) is 0 Å². The molecule has 1 fully saturated rings. The molecule has 1 amide bonds. The number of aromatic nitrogens is 2. The second-order valence-corrected chi connectivity index (χ2v) is 6.33. The van der Waals surface area contributed by atoms with Gasteiger partial charge in [0.1, 0.15) is 23.4 Å². The SMILES string of the molecule is Cc1cc(OC2CCN(C(=O)c3cc(C)oc3C)CC2)nc(C)n1. The van der Waals surface area contributed by atoms with Gasteiger partial charge in [0.15, 0.2) is 0 Å².